The van der Waals surface area contributed by atoms with Gasteiger partial charge in [-0.1, -0.05) is 42.2 Å². The number of nitrogens with zero attached hydrogens (tertiary/aromatic N) is 3. The number of benzene rings is 2. The molecule has 4 fully saturated rings. The van der Waals surface area contributed by atoms with Gasteiger partial charge in [0.25, 0.3) is 5.91 Å². The van der Waals surface area contributed by atoms with Crippen LogP contribution in [-0.2, 0) is 36.4 Å². The minimum atomic E-state index is -4.33. The fourth-order valence-electron chi connectivity index (χ4n) is 6.32. The molecule has 47 heavy (non-hydrogen) atoms. The molecule has 2 unspecified atom stereocenters. The standard InChI is InChI=1S/C32H37FN4O8S2/c1-32(2,3)45-31(39)35-15-13-23(14-16-35)46(40,41)36-17-25-24(26(25)18-36)11-9-22-10-12-27(44-20-21-7-5-4-6-8-21)30(29(22)33)37-19-28(38)34-47(37,42)43/h4-8,10,12,23-26H,13-20H2,1-3H3,(H,34,38). The number of rotatable bonds is 6. The van der Waals surface area contributed by atoms with Crippen molar-refractivity contribution in [1.82, 2.24) is 13.9 Å². The van der Waals surface area contributed by atoms with Gasteiger partial charge in [-0.2, -0.15) is 8.42 Å². The van der Waals surface area contributed by atoms with E-state index in [4.69, 9.17) is 9.47 Å². The molecule has 3 heterocycles. The van der Waals surface area contributed by atoms with E-state index in [1.807, 2.05) is 35.1 Å². The first-order valence-electron chi connectivity index (χ1n) is 15.4. The Labute approximate surface area is 274 Å². The molecule has 1 N–H and O–H groups in total. The Morgan fingerprint density at radius 2 is 1.72 bits per heavy atom. The monoisotopic (exact) mass is 688 g/mol. The summed E-state index contributed by atoms with van der Waals surface area (Å²) in [4.78, 5) is 25.9. The van der Waals surface area contributed by atoms with Crippen LogP contribution in [0.1, 0.15) is 44.7 Å². The summed E-state index contributed by atoms with van der Waals surface area (Å²) in [5.41, 5.74) is -0.314. The first-order chi connectivity index (χ1) is 22.1. The highest BCUT2D eigenvalue weighted by Crippen LogP contribution is 2.52. The number of anilines is 1. The lowest BCUT2D eigenvalue weighted by molar-refractivity contribution is -0.117. The number of carbonyl (C=O) groups is 2. The first kappa shape index (κ1) is 33.0. The van der Waals surface area contributed by atoms with Crippen LogP contribution in [0.5, 0.6) is 5.75 Å². The van der Waals surface area contributed by atoms with Crippen molar-refractivity contribution in [3.05, 3.63) is 59.4 Å². The second-order valence-electron chi connectivity index (χ2n) is 13.2. The topological polar surface area (TPSA) is 143 Å². The van der Waals surface area contributed by atoms with E-state index in [-0.39, 0.29) is 35.7 Å². The van der Waals surface area contributed by atoms with Crippen molar-refractivity contribution >= 4 is 37.9 Å². The lowest BCUT2D eigenvalue weighted by Crippen LogP contribution is -2.48. The number of carbonyl (C=O) groups excluding carboxylic acids is 2. The van der Waals surface area contributed by atoms with E-state index in [1.165, 1.54) is 16.4 Å². The number of hydrogen-bond donors (Lipinski definition) is 1. The van der Waals surface area contributed by atoms with Gasteiger partial charge in [-0.3, -0.25) is 4.79 Å². The highest BCUT2D eigenvalue weighted by Gasteiger charge is 2.58. The molecular weight excluding hydrogens is 652 g/mol. The highest BCUT2D eigenvalue weighted by atomic mass is 32.2. The fraction of sp³-hybridized carbons (Fsp3) is 0.500. The Kier molecular flexibility index (Phi) is 8.65. The summed E-state index contributed by atoms with van der Waals surface area (Å²) in [6.45, 7) is 6.04. The average Bonchev–Trinajstić information content (AvgIpc) is 3.30. The van der Waals surface area contributed by atoms with Gasteiger partial charge < -0.3 is 14.4 Å². The van der Waals surface area contributed by atoms with Gasteiger partial charge in [-0.05, 0) is 63.1 Å². The summed E-state index contributed by atoms with van der Waals surface area (Å²) < 4.78 is 83.3. The SMILES string of the molecule is CC(C)(C)OC(=O)N1CCC(S(=O)(=O)N2CC3C(C#Cc4ccc(OCc5ccccc5)c(N5CC(=O)NS5(=O)=O)c4F)C3C2)CC1. The zero-order valence-electron chi connectivity index (χ0n) is 26.3. The summed E-state index contributed by atoms with van der Waals surface area (Å²) in [6.07, 6.45) is 0.219. The number of sulfonamides is 1. The van der Waals surface area contributed by atoms with Crippen LogP contribution in [0, 0.1) is 35.4 Å². The van der Waals surface area contributed by atoms with Crippen molar-refractivity contribution in [2.45, 2.75) is 51.1 Å². The maximum Gasteiger partial charge on any atom is 0.410 e. The number of ether oxygens (including phenoxy) is 2. The van der Waals surface area contributed by atoms with Crippen molar-refractivity contribution in [3.63, 3.8) is 0 Å². The predicted molar refractivity (Wildman–Crippen MR) is 170 cm³/mol. The van der Waals surface area contributed by atoms with Crippen LogP contribution < -0.4 is 13.8 Å². The van der Waals surface area contributed by atoms with E-state index in [0.717, 1.165) is 5.56 Å². The van der Waals surface area contributed by atoms with Gasteiger partial charge in [0, 0.05) is 32.1 Å². The molecule has 0 bridgehead atoms. The maximum absolute atomic E-state index is 16.0. The third kappa shape index (κ3) is 6.90. The molecule has 4 aliphatic rings. The molecule has 2 aromatic carbocycles. The zero-order chi connectivity index (χ0) is 33.7. The first-order valence-corrected chi connectivity index (χ1v) is 18.4. The van der Waals surface area contributed by atoms with Gasteiger partial charge in [-0.15, -0.1) is 0 Å². The molecule has 0 aromatic heterocycles. The smallest absolute Gasteiger partial charge is 0.410 e. The maximum atomic E-state index is 16.0. The van der Waals surface area contributed by atoms with Crippen LogP contribution in [-0.4, -0.2) is 81.6 Å². The van der Waals surface area contributed by atoms with Gasteiger partial charge in [-0.25, -0.2) is 30.9 Å². The van der Waals surface area contributed by atoms with Crippen LogP contribution in [0.25, 0.3) is 0 Å². The summed E-state index contributed by atoms with van der Waals surface area (Å²) in [7, 11) is -7.90. The lowest BCUT2D eigenvalue weighted by Gasteiger charge is -2.34. The molecule has 0 radical (unpaired) electrons. The minimum absolute atomic E-state index is 0.0101. The molecule has 2 amide bonds. The predicted octanol–water partition coefficient (Wildman–Crippen LogP) is 2.84. The van der Waals surface area contributed by atoms with Crippen molar-refractivity contribution in [2.24, 2.45) is 17.8 Å². The van der Waals surface area contributed by atoms with E-state index in [9.17, 15) is 26.4 Å². The molecule has 3 aliphatic heterocycles. The van der Waals surface area contributed by atoms with E-state index in [2.05, 4.69) is 11.8 Å². The van der Waals surface area contributed by atoms with Crippen LogP contribution in [0.3, 0.4) is 0 Å². The third-order valence-corrected chi connectivity index (χ3v) is 12.5. The van der Waals surface area contributed by atoms with Crippen molar-refractivity contribution in [2.75, 3.05) is 37.0 Å². The Bertz CT molecular complexity index is 1830. The Hall–Kier alpha value is -3.87. The average molecular weight is 689 g/mol. The molecule has 3 saturated heterocycles. The van der Waals surface area contributed by atoms with Gasteiger partial charge in [0.1, 0.15) is 30.2 Å². The molecular formula is C32H37FN4O8S2. The van der Waals surface area contributed by atoms with Crippen molar-refractivity contribution in [1.29, 1.82) is 0 Å². The lowest BCUT2D eigenvalue weighted by atomic mass is 10.1. The van der Waals surface area contributed by atoms with E-state index >= 15 is 4.39 Å². The molecule has 252 valence electrons. The van der Waals surface area contributed by atoms with Crippen LogP contribution >= 0.6 is 0 Å². The molecule has 12 nitrogen and oxygen atoms in total. The molecule has 1 aliphatic carbocycles. The number of hydrogen-bond acceptors (Lipinski definition) is 8. The molecule has 1 saturated carbocycles. The quantitative estimate of drug-likeness (QED) is 0.457. The number of nitrogens with one attached hydrogen (secondary N) is 1. The van der Waals surface area contributed by atoms with Gasteiger partial charge >= 0.3 is 16.3 Å². The molecule has 6 rings (SSSR count). The molecule has 15 heteroatoms. The number of fused-ring (bicyclic) bond motifs is 1. The number of halogens is 1. The summed E-state index contributed by atoms with van der Waals surface area (Å²) in [5.74, 6) is 4.00. The van der Waals surface area contributed by atoms with Gasteiger partial charge in [0.2, 0.25) is 10.0 Å². The molecule has 0 spiro atoms. The zero-order valence-corrected chi connectivity index (χ0v) is 27.9. The summed E-state index contributed by atoms with van der Waals surface area (Å²) in [6, 6.07) is 11.9. The normalized spacial score (nSPS) is 24.3. The number of piperidine rings is 2. The van der Waals surface area contributed by atoms with E-state index in [1.54, 1.807) is 25.7 Å². The highest BCUT2D eigenvalue weighted by molar-refractivity contribution is 7.92. The van der Waals surface area contributed by atoms with E-state index < -0.39 is 61.1 Å². The Morgan fingerprint density at radius 1 is 1.06 bits per heavy atom. The van der Waals surface area contributed by atoms with Crippen LogP contribution in [0.15, 0.2) is 42.5 Å². The number of likely N-dealkylation sites (tertiary alicyclic amines) is 1. The largest absolute Gasteiger partial charge is 0.487 e. The van der Waals surface area contributed by atoms with E-state index in [0.29, 0.717) is 43.3 Å². The second kappa shape index (κ2) is 12.3. The second-order valence-corrected chi connectivity index (χ2v) is 17.0. The van der Waals surface area contributed by atoms with Crippen molar-refractivity contribution < 1.29 is 40.3 Å². The molecule has 2 aromatic rings. The Balaban J connectivity index is 1.12. The van der Waals surface area contributed by atoms with Crippen molar-refractivity contribution in [3.8, 4) is 17.6 Å². The Morgan fingerprint density at radius 3 is 2.32 bits per heavy atom. The number of amides is 2. The summed E-state index contributed by atoms with van der Waals surface area (Å²) in [5, 5.41) is -0.582. The fourth-order valence-corrected chi connectivity index (χ4v) is 9.47. The summed E-state index contributed by atoms with van der Waals surface area (Å²) >= 11 is 0. The van der Waals surface area contributed by atoms with Gasteiger partial charge in [0.05, 0.1) is 10.8 Å². The van der Waals surface area contributed by atoms with Crippen LogP contribution in [0.2, 0.25) is 0 Å². The van der Waals surface area contributed by atoms with Gasteiger partial charge in [0.15, 0.2) is 5.82 Å². The van der Waals surface area contributed by atoms with Crippen LogP contribution in [0.4, 0.5) is 14.9 Å². The minimum Gasteiger partial charge on any atom is -0.487 e. The third-order valence-electron chi connectivity index (χ3n) is 8.79. The molecule has 2 atom stereocenters.